The molecule has 20 heavy (non-hydrogen) atoms. The largest absolute Gasteiger partial charge is 0.355 e. The van der Waals surface area contributed by atoms with Gasteiger partial charge in [-0.2, -0.15) is 5.26 Å². The van der Waals surface area contributed by atoms with Gasteiger partial charge in [-0.3, -0.25) is 0 Å². The van der Waals surface area contributed by atoms with Crippen LogP contribution in [0.2, 0.25) is 0 Å². The third kappa shape index (κ3) is 2.97. The summed E-state index contributed by atoms with van der Waals surface area (Å²) in [5.41, 5.74) is 4.16. The second kappa shape index (κ2) is 5.75. The average Bonchev–Trinajstić information content (AvgIpc) is 2.40. The Morgan fingerprint density at radius 3 is 2.60 bits per heavy atom. The molecule has 0 atom stereocenters. The third-order valence-electron chi connectivity index (χ3n) is 3.22. The summed E-state index contributed by atoms with van der Waals surface area (Å²) in [6.07, 6.45) is 0. The van der Waals surface area contributed by atoms with Crippen molar-refractivity contribution >= 4 is 11.4 Å². The number of aryl methyl sites for hydroxylation is 1. The van der Waals surface area contributed by atoms with Crippen molar-refractivity contribution < 1.29 is 4.39 Å². The van der Waals surface area contributed by atoms with Crippen LogP contribution >= 0.6 is 0 Å². The molecule has 1 N–H and O–H groups in total. The van der Waals surface area contributed by atoms with Gasteiger partial charge in [0.2, 0.25) is 0 Å². The fourth-order valence-electron chi connectivity index (χ4n) is 2.21. The van der Waals surface area contributed by atoms with Crippen molar-refractivity contribution in [2.45, 2.75) is 26.7 Å². The molecule has 0 aliphatic heterocycles. The molecule has 0 saturated carbocycles. The first-order valence-corrected chi connectivity index (χ1v) is 6.58. The van der Waals surface area contributed by atoms with Crippen LogP contribution < -0.4 is 5.32 Å². The summed E-state index contributed by atoms with van der Waals surface area (Å²) in [4.78, 5) is 0. The molecule has 0 aliphatic rings. The minimum atomic E-state index is -0.411. The Hall–Kier alpha value is -2.34. The van der Waals surface area contributed by atoms with Crippen molar-refractivity contribution in [3.05, 3.63) is 58.9 Å². The lowest BCUT2D eigenvalue weighted by Gasteiger charge is -2.17. The maximum Gasteiger partial charge on any atom is 0.126 e. The zero-order valence-electron chi connectivity index (χ0n) is 11.9. The number of hydrogen-bond donors (Lipinski definition) is 1. The minimum absolute atomic E-state index is 0.312. The van der Waals surface area contributed by atoms with Gasteiger partial charge in [0.15, 0.2) is 0 Å². The van der Waals surface area contributed by atoms with E-state index in [9.17, 15) is 4.39 Å². The van der Waals surface area contributed by atoms with Crippen molar-refractivity contribution in [1.29, 1.82) is 5.26 Å². The van der Waals surface area contributed by atoms with E-state index in [1.807, 2.05) is 25.1 Å². The van der Waals surface area contributed by atoms with Crippen LogP contribution in [-0.2, 0) is 0 Å². The molecular weight excluding hydrogens is 251 g/mol. The second-order valence-electron chi connectivity index (χ2n) is 5.16. The number of rotatable bonds is 3. The number of benzene rings is 2. The second-order valence-corrected chi connectivity index (χ2v) is 5.16. The van der Waals surface area contributed by atoms with Gasteiger partial charge >= 0.3 is 0 Å². The molecule has 0 aromatic heterocycles. The van der Waals surface area contributed by atoms with Crippen molar-refractivity contribution in [3.63, 3.8) is 0 Å². The van der Waals surface area contributed by atoms with Gasteiger partial charge in [-0.1, -0.05) is 32.0 Å². The summed E-state index contributed by atoms with van der Waals surface area (Å²) in [5.74, 6) is -0.0485. The van der Waals surface area contributed by atoms with Crippen LogP contribution in [0, 0.1) is 24.1 Å². The Morgan fingerprint density at radius 1 is 1.20 bits per heavy atom. The van der Waals surface area contributed by atoms with Crippen LogP contribution in [0.1, 0.15) is 36.5 Å². The number of nitrogens with one attached hydrogen (secondary N) is 1. The van der Waals surface area contributed by atoms with Gasteiger partial charge in [-0.25, -0.2) is 4.39 Å². The smallest absolute Gasteiger partial charge is 0.126 e. The number of hydrogen-bond acceptors (Lipinski definition) is 2. The highest BCUT2D eigenvalue weighted by molar-refractivity contribution is 5.68. The molecule has 0 bridgehead atoms. The monoisotopic (exact) mass is 268 g/mol. The molecule has 3 heteroatoms. The van der Waals surface area contributed by atoms with E-state index in [1.54, 1.807) is 6.07 Å². The molecule has 2 aromatic carbocycles. The van der Waals surface area contributed by atoms with E-state index in [-0.39, 0.29) is 0 Å². The molecule has 0 unspecified atom stereocenters. The van der Waals surface area contributed by atoms with Crippen LogP contribution in [0.3, 0.4) is 0 Å². The molecule has 2 nitrogen and oxygen atoms in total. The zero-order valence-corrected chi connectivity index (χ0v) is 11.9. The van der Waals surface area contributed by atoms with Crippen LogP contribution in [0.25, 0.3) is 0 Å². The van der Waals surface area contributed by atoms with Crippen molar-refractivity contribution in [3.8, 4) is 6.07 Å². The van der Waals surface area contributed by atoms with E-state index in [1.165, 1.54) is 17.7 Å². The van der Waals surface area contributed by atoms with E-state index in [4.69, 9.17) is 5.26 Å². The Labute approximate surface area is 118 Å². The van der Waals surface area contributed by atoms with Gasteiger partial charge in [-0.05, 0) is 42.2 Å². The molecule has 0 saturated heterocycles. The fourth-order valence-corrected chi connectivity index (χ4v) is 2.21. The summed E-state index contributed by atoms with van der Waals surface area (Å²) < 4.78 is 13.5. The topological polar surface area (TPSA) is 35.8 Å². The molecular formula is C17H17FN2. The molecule has 0 radical (unpaired) electrons. The maximum absolute atomic E-state index is 13.5. The van der Waals surface area contributed by atoms with Gasteiger partial charge in [0.05, 0.1) is 11.6 Å². The van der Waals surface area contributed by atoms with Gasteiger partial charge in [0.25, 0.3) is 0 Å². The van der Waals surface area contributed by atoms with Crippen LogP contribution in [0.15, 0.2) is 36.4 Å². The molecule has 2 rings (SSSR count). The van der Waals surface area contributed by atoms with Gasteiger partial charge in [0.1, 0.15) is 5.82 Å². The first-order chi connectivity index (χ1) is 9.51. The summed E-state index contributed by atoms with van der Waals surface area (Å²) in [7, 11) is 0. The highest BCUT2D eigenvalue weighted by Crippen LogP contribution is 2.30. The van der Waals surface area contributed by atoms with E-state index in [2.05, 4.69) is 25.2 Å². The maximum atomic E-state index is 13.5. The molecule has 0 spiro atoms. The van der Waals surface area contributed by atoms with Gasteiger partial charge < -0.3 is 5.32 Å². The number of nitriles is 1. The highest BCUT2D eigenvalue weighted by Gasteiger charge is 2.10. The van der Waals surface area contributed by atoms with E-state index >= 15 is 0 Å². The average molecular weight is 268 g/mol. The predicted molar refractivity (Wildman–Crippen MR) is 79.7 cm³/mol. The summed E-state index contributed by atoms with van der Waals surface area (Å²) >= 11 is 0. The minimum Gasteiger partial charge on any atom is -0.355 e. The Bertz CT molecular complexity index is 669. The van der Waals surface area contributed by atoms with E-state index in [0.29, 0.717) is 17.2 Å². The lowest BCUT2D eigenvalue weighted by atomic mass is 9.98. The van der Waals surface area contributed by atoms with Crippen LogP contribution in [-0.4, -0.2) is 0 Å². The van der Waals surface area contributed by atoms with Crippen LogP contribution in [0.4, 0.5) is 15.8 Å². The lowest BCUT2D eigenvalue weighted by molar-refractivity contribution is 0.628. The summed E-state index contributed by atoms with van der Waals surface area (Å²) in [6, 6.07) is 12.3. The summed E-state index contributed by atoms with van der Waals surface area (Å²) in [5, 5.41) is 12.2. The molecule has 2 aromatic rings. The Kier molecular flexibility index (Phi) is 4.05. The number of para-hydroxylation sites is 1. The molecule has 0 fully saturated rings. The van der Waals surface area contributed by atoms with Crippen molar-refractivity contribution in [2.75, 3.05) is 5.32 Å². The fraction of sp³-hybridized carbons (Fsp3) is 0.235. The number of halogens is 1. The number of nitrogens with zero attached hydrogens (tertiary/aromatic N) is 1. The standard InChI is InChI=1S/C17H17FN2/c1-11(2)16-6-4-5-12(3)17(16)20-15-8-13(10-19)7-14(18)9-15/h4-9,11,20H,1-3H3. The molecule has 0 heterocycles. The Morgan fingerprint density at radius 2 is 1.95 bits per heavy atom. The van der Waals surface area contributed by atoms with E-state index < -0.39 is 5.82 Å². The van der Waals surface area contributed by atoms with Crippen molar-refractivity contribution in [2.24, 2.45) is 0 Å². The van der Waals surface area contributed by atoms with Crippen molar-refractivity contribution in [1.82, 2.24) is 0 Å². The quantitative estimate of drug-likeness (QED) is 0.861. The van der Waals surface area contributed by atoms with Gasteiger partial charge in [0, 0.05) is 11.4 Å². The van der Waals surface area contributed by atoms with E-state index in [0.717, 1.165) is 11.3 Å². The van der Waals surface area contributed by atoms with Crippen LogP contribution in [0.5, 0.6) is 0 Å². The zero-order chi connectivity index (χ0) is 14.7. The first kappa shape index (κ1) is 14.1. The normalized spacial score (nSPS) is 10.4. The molecule has 102 valence electrons. The third-order valence-corrected chi connectivity index (χ3v) is 3.22. The molecule has 0 amide bonds. The Balaban J connectivity index is 2.45. The SMILES string of the molecule is Cc1cccc(C(C)C)c1Nc1cc(F)cc(C#N)c1. The lowest BCUT2D eigenvalue weighted by Crippen LogP contribution is -2.01. The first-order valence-electron chi connectivity index (χ1n) is 6.58. The highest BCUT2D eigenvalue weighted by atomic mass is 19.1. The van der Waals surface area contributed by atoms with Gasteiger partial charge in [-0.15, -0.1) is 0 Å². The molecule has 0 aliphatic carbocycles. The number of anilines is 2. The predicted octanol–water partition coefficient (Wildman–Crippen LogP) is 4.87. The summed E-state index contributed by atoms with van der Waals surface area (Å²) in [6.45, 7) is 6.25.